The fourth-order valence-corrected chi connectivity index (χ4v) is 4.30. The maximum absolute atomic E-state index is 6.28. The third kappa shape index (κ3) is 2.91. The second-order valence-corrected chi connectivity index (χ2v) is 7.14. The van der Waals surface area contributed by atoms with Gasteiger partial charge >= 0.3 is 0 Å². The highest BCUT2D eigenvalue weighted by Gasteiger charge is 2.40. The van der Waals surface area contributed by atoms with Crippen molar-refractivity contribution in [2.45, 2.75) is 38.5 Å². The molecule has 2 aliphatic rings. The average Bonchev–Trinajstić information content (AvgIpc) is 3.14. The van der Waals surface area contributed by atoms with Crippen LogP contribution in [-0.4, -0.2) is 39.0 Å². The fraction of sp³-hybridized carbons (Fsp3) is 0.562. The molecule has 0 unspecified atom stereocenters. The fourth-order valence-electron chi connectivity index (χ4n) is 3.49. The molecule has 0 aliphatic carbocycles. The summed E-state index contributed by atoms with van der Waals surface area (Å²) in [6.07, 6.45) is 6.17. The summed E-state index contributed by atoms with van der Waals surface area (Å²) in [6, 6.07) is 1.97. The summed E-state index contributed by atoms with van der Waals surface area (Å²) in [6.45, 7) is 5.15. The summed E-state index contributed by atoms with van der Waals surface area (Å²) in [7, 11) is 0. The number of aryl methyl sites for hydroxylation is 1. The summed E-state index contributed by atoms with van der Waals surface area (Å²) in [5, 5.41) is 3.33. The molecule has 0 N–H and O–H groups in total. The lowest BCUT2D eigenvalue weighted by atomic mass is 9.91. The zero-order valence-corrected chi connectivity index (χ0v) is 13.5. The first-order valence-corrected chi connectivity index (χ1v) is 8.70. The molecule has 2 aromatic heterocycles. The van der Waals surface area contributed by atoms with Crippen molar-refractivity contribution >= 4 is 11.3 Å². The largest absolute Gasteiger partial charge is 0.367 e. The van der Waals surface area contributed by atoms with E-state index in [0.29, 0.717) is 12.0 Å². The van der Waals surface area contributed by atoms with Gasteiger partial charge in [0.05, 0.1) is 18.3 Å². The van der Waals surface area contributed by atoms with Crippen LogP contribution in [-0.2, 0) is 11.3 Å². The normalized spacial score (nSPS) is 28.7. The van der Waals surface area contributed by atoms with Gasteiger partial charge in [-0.1, -0.05) is 0 Å². The van der Waals surface area contributed by atoms with E-state index in [4.69, 9.17) is 4.74 Å². The van der Waals surface area contributed by atoms with Gasteiger partial charge in [0.2, 0.25) is 0 Å². The number of thiazole rings is 1. The zero-order chi connectivity index (χ0) is 14.9. The van der Waals surface area contributed by atoms with Crippen molar-refractivity contribution in [2.75, 3.05) is 13.1 Å². The number of nitrogens with zero attached hydrogens (tertiary/aromatic N) is 4. The summed E-state index contributed by atoms with van der Waals surface area (Å²) in [5.41, 5.74) is 2.14. The topological polar surface area (TPSA) is 51.1 Å². The van der Waals surface area contributed by atoms with E-state index in [1.165, 1.54) is 11.4 Å². The van der Waals surface area contributed by atoms with Gasteiger partial charge in [-0.3, -0.25) is 4.90 Å². The zero-order valence-electron chi connectivity index (χ0n) is 12.7. The number of ether oxygens (including phenoxy) is 1. The molecule has 5 nitrogen and oxygen atoms in total. The van der Waals surface area contributed by atoms with Crippen molar-refractivity contribution in [3.63, 3.8) is 0 Å². The molecule has 2 saturated heterocycles. The van der Waals surface area contributed by atoms with E-state index in [1.807, 2.05) is 6.07 Å². The number of likely N-dealkylation sites (tertiary alicyclic amines) is 1. The second kappa shape index (κ2) is 6.02. The smallest absolute Gasteiger partial charge is 0.115 e. The molecule has 0 amide bonds. The molecule has 6 heteroatoms. The van der Waals surface area contributed by atoms with E-state index in [0.717, 1.165) is 37.4 Å². The first kappa shape index (κ1) is 14.2. The Bertz CT molecular complexity index is 632. The Morgan fingerprint density at radius 1 is 1.45 bits per heavy atom. The summed E-state index contributed by atoms with van der Waals surface area (Å²) >= 11 is 1.76. The van der Waals surface area contributed by atoms with Crippen molar-refractivity contribution in [2.24, 2.45) is 5.92 Å². The Morgan fingerprint density at radius 3 is 3.18 bits per heavy atom. The number of piperidine rings is 1. The van der Waals surface area contributed by atoms with Crippen molar-refractivity contribution < 1.29 is 4.74 Å². The molecule has 4 rings (SSSR count). The highest BCUT2D eigenvalue weighted by atomic mass is 32.1. The average molecular weight is 316 g/mol. The molecule has 0 radical (unpaired) electrons. The molecule has 2 fully saturated rings. The lowest BCUT2D eigenvalue weighted by Gasteiger charge is -2.33. The van der Waals surface area contributed by atoms with Crippen molar-refractivity contribution in [3.8, 4) is 0 Å². The van der Waals surface area contributed by atoms with Crippen molar-refractivity contribution in [3.05, 3.63) is 40.4 Å². The maximum Gasteiger partial charge on any atom is 0.115 e. The minimum Gasteiger partial charge on any atom is -0.367 e. The van der Waals surface area contributed by atoms with Crippen LogP contribution >= 0.6 is 11.3 Å². The van der Waals surface area contributed by atoms with E-state index in [9.17, 15) is 0 Å². The maximum atomic E-state index is 6.28. The molecule has 0 aromatic carbocycles. The van der Waals surface area contributed by atoms with E-state index in [2.05, 4.69) is 32.2 Å². The molecule has 116 valence electrons. The Balaban J connectivity index is 1.39. The number of aromatic nitrogens is 3. The predicted molar refractivity (Wildman–Crippen MR) is 84.5 cm³/mol. The Labute approximate surface area is 134 Å². The molecular weight excluding hydrogens is 296 g/mol. The van der Waals surface area contributed by atoms with Gasteiger partial charge in [-0.05, 0) is 38.3 Å². The van der Waals surface area contributed by atoms with Gasteiger partial charge in [0.15, 0.2) is 0 Å². The minimum atomic E-state index is 0.139. The van der Waals surface area contributed by atoms with Gasteiger partial charge in [-0.15, -0.1) is 11.3 Å². The molecule has 3 atom stereocenters. The SMILES string of the molecule is Cc1csc(CN2CC[C@H]3C[C@@H](c4ccncn4)O[C@@H]3C2)n1. The lowest BCUT2D eigenvalue weighted by molar-refractivity contribution is -0.0106. The number of fused-ring (bicyclic) bond motifs is 1. The van der Waals surface area contributed by atoms with Gasteiger partial charge in [-0.25, -0.2) is 15.0 Å². The lowest BCUT2D eigenvalue weighted by Crippen LogP contribution is -2.41. The molecule has 0 saturated carbocycles. The van der Waals surface area contributed by atoms with Crippen LogP contribution in [0.1, 0.15) is 35.3 Å². The van der Waals surface area contributed by atoms with Gasteiger partial charge in [0.25, 0.3) is 0 Å². The standard InChI is InChI=1S/C16H20N4OS/c1-11-9-22-16(19-11)8-20-5-3-12-6-14(21-15(12)7-20)13-2-4-17-10-18-13/h2,4,9-10,12,14-15H,3,5-8H2,1H3/t12-,14-,15+/m0/s1. The molecular formula is C16H20N4OS. The van der Waals surface area contributed by atoms with Gasteiger partial charge in [0.1, 0.15) is 17.4 Å². The first-order chi connectivity index (χ1) is 10.8. The van der Waals surface area contributed by atoms with E-state index < -0.39 is 0 Å². The van der Waals surface area contributed by atoms with Gasteiger partial charge in [-0.2, -0.15) is 0 Å². The molecule has 0 spiro atoms. The predicted octanol–water partition coefficient (Wildman–Crippen LogP) is 2.59. The Hall–Kier alpha value is -1.37. The first-order valence-electron chi connectivity index (χ1n) is 7.82. The second-order valence-electron chi connectivity index (χ2n) is 6.20. The molecule has 4 heterocycles. The van der Waals surface area contributed by atoms with Crippen LogP contribution in [0.5, 0.6) is 0 Å². The van der Waals surface area contributed by atoms with Crippen LogP contribution in [0.25, 0.3) is 0 Å². The summed E-state index contributed by atoms with van der Waals surface area (Å²) < 4.78 is 6.28. The van der Waals surface area contributed by atoms with Crippen molar-refractivity contribution in [1.29, 1.82) is 0 Å². The summed E-state index contributed by atoms with van der Waals surface area (Å²) in [4.78, 5) is 15.4. The molecule has 0 bridgehead atoms. The number of hydrogen-bond donors (Lipinski definition) is 0. The highest BCUT2D eigenvalue weighted by molar-refractivity contribution is 7.09. The molecule has 2 aliphatic heterocycles. The minimum absolute atomic E-state index is 0.139. The highest BCUT2D eigenvalue weighted by Crippen LogP contribution is 2.40. The van der Waals surface area contributed by atoms with Crippen LogP contribution in [0.2, 0.25) is 0 Å². The Morgan fingerprint density at radius 2 is 2.41 bits per heavy atom. The van der Waals surface area contributed by atoms with Crippen LogP contribution in [0.15, 0.2) is 24.0 Å². The van der Waals surface area contributed by atoms with Crippen LogP contribution < -0.4 is 0 Å². The van der Waals surface area contributed by atoms with Crippen LogP contribution in [0, 0.1) is 12.8 Å². The van der Waals surface area contributed by atoms with E-state index >= 15 is 0 Å². The van der Waals surface area contributed by atoms with Crippen molar-refractivity contribution in [1.82, 2.24) is 19.9 Å². The number of hydrogen-bond acceptors (Lipinski definition) is 6. The molecule has 22 heavy (non-hydrogen) atoms. The van der Waals surface area contributed by atoms with Crippen LogP contribution in [0.3, 0.4) is 0 Å². The van der Waals surface area contributed by atoms with Gasteiger partial charge in [0, 0.05) is 23.8 Å². The van der Waals surface area contributed by atoms with E-state index in [1.54, 1.807) is 23.9 Å². The van der Waals surface area contributed by atoms with Gasteiger partial charge < -0.3 is 4.74 Å². The number of rotatable bonds is 3. The third-order valence-corrected chi connectivity index (χ3v) is 5.55. The summed E-state index contributed by atoms with van der Waals surface area (Å²) in [5.74, 6) is 0.661. The van der Waals surface area contributed by atoms with E-state index in [-0.39, 0.29) is 6.10 Å². The quantitative estimate of drug-likeness (QED) is 0.871. The Kier molecular flexibility index (Phi) is 3.90. The monoisotopic (exact) mass is 316 g/mol. The third-order valence-electron chi connectivity index (χ3n) is 4.60. The molecule has 2 aromatic rings. The van der Waals surface area contributed by atoms with Crippen LogP contribution in [0.4, 0.5) is 0 Å².